The molecule has 156 valence electrons. The number of hydrogen-bond donors (Lipinski definition) is 0. The van der Waals surface area contributed by atoms with E-state index in [1.54, 1.807) is 0 Å². The van der Waals surface area contributed by atoms with Crippen molar-refractivity contribution in [2.75, 3.05) is 37.7 Å². The van der Waals surface area contributed by atoms with E-state index in [1.807, 2.05) is 0 Å². The fourth-order valence-corrected chi connectivity index (χ4v) is 8.05. The van der Waals surface area contributed by atoms with Gasteiger partial charge in [-0.3, -0.25) is 4.79 Å². The number of carbonyl (C=O) groups excluding carboxylic acids is 1. The highest BCUT2D eigenvalue weighted by atomic mass is 32.2. The van der Waals surface area contributed by atoms with Crippen molar-refractivity contribution >= 4 is 25.8 Å². The van der Waals surface area contributed by atoms with E-state index in [-0.39, 0.29) is 68.4 Å². The summed E-state index contributed by atoms with van der Waals surface area (Å²) in [6, 6.07) is 3.08. The van der Waals surface area contributed by atoms with Crippen molar-refractivity contribution in [3.63, 3.8) is 0 Å². The maximum Gasteiger partial charge on any atom is 0.222 e. The van der Waals surface area contributed by atoms with Gasteiger partial charge in [0.1, 0.15) is 11.6 Å². The molecule has 2 fully saturated rings. The molecule has 0 saturated carbocycles. The smallest absolute Gasteiger partial charge is 0.222 e. The molecule has 2 saturated heterocycles. The van der Waals surface area contributed by atoms with Crippen LogP contribution in [0.4, 0.5) is 8.78 Å². The molecule has 2 aliphatic heterocycles. The zero-order valence-corrected chi connectivity index (χ0v) is 16.8. The van der Waals surface area contributed by atoms with Gasteiger partial charge in [0.2, 0.25) is 15.9 Å². The van der Waals surface area contributed by atoms with E-state index in [1.165, 1.54) is 9.21 Å². The average molecular weight is 437 g/mol. The lowest BCUT2D eigenvalue weighted by atomic mass is 10.1. The van der Waals surface area contributed by atoms with Gasteiger partial charge >= 0.3 is 0 Å². The van der Waals surface area contributed by atoms with Crippen molar-refractivity contribution in [1.82, 2.24) is 9.21 Å². The van der Waals surface area contributed by atoms with Crippen LogP contribution < -0.4 is 0 Å². The van der Waals surface area contributed by atoms with E-state index in [0.29, 0.717) is 0 Å². The molecule has 7 nitrogen and oxygen atoms in total. The Bertz CT molecular complexity index is 958. The number of hydrogen-bond acceptors (Lipinski definition) is 5. The van der Waals surface area contributed by atoms with Gasteiger partial charge in [0.15, 0.2) is 9.84 Å². The Kier molecular flexibility index (Phi) is 6.06. The quantitative estimate of drug-likeness (QED) is 0.673. The molecule has 1 unspecified atom stereocenters. The van der Waals surface area contributed by atoms with Gasteiger partial charge in [0.25, 0.3) is 0 Å². The van der Waals surface area contributed by atoms with E-state index in [9.17, 15) is 30.4 Å². The molecule has 2 aliphatic rings. The van der Waals surface area contributed by atoms with Crippen molar-refractivity contribution in [1.29, 1.82) is 0 Å². The first-order valence-electron chi connectivity index (χ1n) is 8.99. The second kappa shape index (κ2) is 8.03. The van der Waals surface area contributed by atoms with Crippen LogP contribution in [-0.4, -0.2) is 74.9 Å². The topological polar surface area (TPSA) is 91.8 Å². The summed E-state index contributed by atoms with van der Waals surface area (Å²) < 4.78 is 76.4. The second-order valence-electron chi connectivity index (χ2n) is 7.09. The lowest BCUT2D eigenvalue weighted by molar-refractivity contribution is -0.132. The molecule has 0 spiro atoms. The van der Waals surface area contributed by atoms with Crippen LogP contribution in [0.15, 0.2) is 18.2 Å². The molecule has 0 bridgehead atoms. The van der Waals surface area contributed by atoms with Crippen LogP contribution in [0.2, 0.25) is 0 Å². The summed E-state index contributed by atoms with van der Waals surface area (Å²) in [6.45, 7) is 0.560. The minimum atomic E-state index is -3.72. The minimum absolute atomic E-state index is 0.00596. The van der Waals surface area contributed by atoms with E-state index in [4.69, 9.17) is 0 Å². The largest absolute Gasteiger partial charge is 0.340 e. The molecular weight excluding hydrogens is 414 g/mol. The third-order valence-corrected chi connectivity index (χ3v) is 9.49. The number of halogens is 2. The number of amides is 1. The maximum atomic E-state index is 13.6. The highest BCUT2D eigenvalue weighted by Gasteiger charge is 2.41. The van der Waals surface area contributed by atoms with E-state index in [0.717, 1.165) is 18.2 Å². The molecule has 1 amide bonds. The highest BCUT2D eigenvalue weighted by Crippen LogP contribution is 2.23. The third-order valence-electron chi connectivity index (χ3n) is 5.18. The first kappa shape index (κ1) is 21.1. The molecule has 3 rings (SSSR count). The Hall–Kier alpha value is -1.59. The molecule has 0 aromatic heterocycles. The lowest BCUT2D eigenvalue weighted by Crippen LogP contribution is -2.52. The first-order valence-corrected chi connectivity index (χ1v) is 12.3. The van der Waals surface area contributed by atoms with Gasteiger partial charge in [-0.1, -0.05) is 0 Å². The predicted molar refractivity (Wildman–Crippen MR) is 98.8 cm³/mol. The molecule has 0 aliphatic carbocycles. The molecule has 11 heteroatoms. The molecule has 1 aromatic carbocycles. The van der Waals surface area contributed by atoms with Gasteiger partial charge in [-0.15, -0.1) is 0 Å². The molecule has 0 N–H and O–H groups in total. The SMILES string of the molecule is O=C(CCc1cc(F)ccc1F)N1CCN(S(=O)(=O)C2CCS(=O)(=O)C2)CC1. The molecule has 2 heterocycles. The number of nitrogens with zero attached hydrogens (tertiary/aromatic N) is 2. The molecule has 0 radical (unpaired) electrons. The summed E-state index contributed by atoms with van der Waals surface area (Å²) >= 11 is 0. The van der Waals surface area contributed by atoms with Gasteiger partial charge in [-0.05, 0) is 36.6 Å². The Morgan fingerprint density at radius 1 is 1.14 bits per heavy atom. The Balaban J connectivity index is 1.53. The van der Waals surface area contributed by atoms with Crippen molar-refractivity contribution < 1.29 is 30.4 Å². The van der Waals surface area contributed by atoms with Crippen LogP contribution in [0.5, 0.6) is 0 Å². The molecule has 1 aromatic rings. The summed E-state index contributed by atoms with van der Waals surface area (Å²) in [5.41, 5.74) is 0.122. The Morgan fingerprint density at radius 3 is 2.43 bits per heavy atom. The lowest BCUT2D eigenvalue weighted by Gasteiger charge is -2.35. The van der Waals surface area contributed by atoms with Gasteiger partial charge in [-0.25, -0.2) is 25.6 Å². The molecule has 1 atom stereocenters. The van der Waals surface area contributed by atoms with Gasteiger partial charge in [0.05, 0.1) is 16.8 Å². The van der Waals surface area contributed by atoms with E-state index in [2.05, 4.69) is 0 Å². The van der Waals surface area contributed by atoms with Crippen LogP contribution in [0.1, 0.15) is 18.4 Å². The van der Waals surface area contributed by atoms with Gasteiger partial charge in [-0.2, -0.15) is 4.31 Å². The number of carbonyl (C=O) groups is 1. The van der Waals surface area contributed by atoms with E-state index >= 15 is 0 Å². The Labute approximate surface area is 163 Å². The predicted octanol–water partition coefficient (Wildman–Crippen LogP) is 0.559. The summed E-state index contributed by atoms with van der Waals surface area (Å²) in [7, 11) is -7.03. The van der Waals surface area contributed by atoms with Crippen molar-refractivity contribution in [2.24, 2.45) is 0 Å². The monoisotopic (exact) mass is 436 g/mol. The normalized spacial score (nSPS) is 23.1. The highest BCUT2D eigenvalue weighted by molar-refractivity contribution is 7.95. The number of benzene rings is 1. The number of aryl methyl sites for hydroxylation is 1. The van der Waals surface area contributed by atoms with Crippen LogP contribution in [0.25, 0.3) is 0 Å². The maximum absolute atomic E-state index is 13.6. The summed E-state index contributed by atoms with van der Waals surface area (Å²) in [4.78, 5) is 13.8. The fourth-order valence-electron chi connectivity index (χ4n) is 3.53. The average Bonchev–Trinajstić information content (AvgIpc) is 3.03. The minimum Gasteiger partial charge on any atom is -0.340 e. The van der Waals surface area contributed by atoms with Crippen LogP contribution in [0.3, 0.4) is 0 Å². The van der Waals surface area contributed by atoms with Crippen LogP contribution in [-0.2, 0) is 31.1 Å². The van der Waals surface area contributed by atoms with Crippen molar-refractivity contribution in [2.45, 2.75) is 24.5 Å². The zero-order valence-electron chi connectivity index (χ0n) is 15.2. The summed E-state index contributed by atoms with van der Waals surface area (Å²) in [6.07, 6.45) is 0.151. The standard InChI is InChI=1S/C17H22F2N2O5S2/c18-14-2-3-16(19)13(11-14)1-4-17(22)20-6-8-21(9-7-20)28(25,26)15-5-10-27(23,24)12-15/h2-3,11,15H,1,4-10,12H2. The summed E-state index contributed by atoms with van der Waals surface area (Å²) in [5.74, 6) is -1.88. The van der Waals surface area contributed by atoms with E-state index < -0.39 is 36.7 Å². The van der Waals surface area contributed by atoms with Crippen molar-refractivity contribution in [3.8, 4) is 0 Å². The second-order valence-corrected chi connectivity index (χ2v) is 11.5. The fraction of sp³-hybridized carbons (Fsp3) is 0.588. The third kappa shape index (κ3) is 4.69. The number of sulfonamides is 1. The molecule has 28 heavy (non-hydrogen) atoms. The number of piperazine rings is 1. The van der Waals surface area contributed by atoms with Crippen molar-refractivity contribution in [3.05, 3.63) is 35.4 Å². The first-order chi connectivity index (χ1) is 13.1. The van der Waals surface area contributed by atoms with Crippen LogP contribution in [0, 0.1) is 11.6 Å². The number of sulfone groups is 1. The Morgan fingerprint density at radius 2 is 1.82 bits per heavy atom. The van der Waals surface area contributed by atoms with Gasteiger partial charge < -0.3 is 4.90 Å². The summed E-state index contributed by atoms with van der Waals surface area (Å²) in [5, 5.41) is -0.921. The van der Waals surface area contributed by atoms with Crippen LogP contribution >= 0.6 is 0 Å². The number of rotatable bonds is 5. The van der Waals surface area contributed by atoms with Gasteiger partial charge in [0, 0.05) is 32.6 Å². The zero-order chi connectivity index (χ0) is 20.5. The molecular formula is C17H22F2N2O5S2.